The van der Waals surface area contributed by atoms with Gasteiger partial charge in [-0.2, -0.15) is 0 Å². The third-order valence-electron chi connectivity index (χ3n) is 5.29. The molecule has 2 heterocycles. The molecule has 1 aromatic heterocycles. The van der Waals surface area contributed by atoms with Gasteiger partial charge >= 0.3 is 0 Å². The molecule has 1 aromatic carbocycles. The first-order valence-corrected chi connectivity index (χ1v) is 12.0. The Morgan fingerprint density at radius 2 is 1.94 bits per heavy atom. The molecule has 0 radical (unpaired) electrons. The van der Waals surface area contributed by atoms with Crippen LogP contribution < -0.4 is 15.5 Å². The number of thioether (sulfide) groups is 1. The van der Waals surface area contributed by atoms with Crippen molar-refractivity contribution in [3.05, 3.63) is 42.0 Å². The van der Waals surface area contributed by atoms with Crippen LogP contribution in [0.15, 0.2) is 41.4 Å². The number of nitrogens with zero attached hydrogens (tertiary/aromatic N) is 3. The standard InChI is InChI=1S/C23H31N5O2S/c1-3-13-24-23(30)18-6-5-14-28(15-18)20-11-12-22(27-26-20)31-16-21(29)25-19-9-7-17(4-2)8-10-19/h7-12,18H,3-6,13-16H2,1-2H3,(H,24,30)(H,25,29). The first kappa shape index (κ1) is 23.1. The molecule has 1 aliphatic rings. The summed E-state index contributed by atoms with van der Waals surface area (Å²) in [5.74, 6) is 1.09. The number of benzene rings is 1. The Morgan fingerprint density at radius 3 is 2.61 bits per heavy atom. The van der Waals surface area contributed by atoms with Crippen molar-refractivity contribution < 1.29 is 9.59 Å². The van der Waals surface area contributed by atoms with Crippen molar-refractivity contribution in [3.8, 4) is 0 Å². The maximum Gasteiger partial charge on any atom is 0.234 e. The molecule has 0 bridgehead atoms. The number of carbonyl (C=O) groups is 2. The maximum atomic E-state index is 12.3. The molecule has 8 heteroatoms. The van der Waals surface area contributed by atoms with E-state index in [9.17, 15) is 9.59 Å². The van der Waals surface area contributed by atoms with Crippen LogP contribution in [0.3, 0.4) is 0 Å². The SMILES string of the molecule is CCCNC(=O)C1CCCN(c2ccc(SCC(=O)Nc3ccc(CC)cc3)nn2)C1. The maximum absolute atomic E-state index is 12.3. The highest BCUT2D eigenvalue weighted by molar-refractivity contribution is 7.99. The molecule has 0 spiro atoms. The number of carbonyl (C=O) groups excluding carboxylic acids is 2. The van der Waals surface area contributed by atoms with Gasteiger partial charge in [-0.3, -0.25) is 9.59 Å². The van der Waals surface area contributed by atoms with E-state index in [1.165, 1.54) is 17.3 Å². The second-order valence-corrected chi connectivity index (χ2v) is 8.69. The van der Waals surface area contributed by atoms with Gasteiger partial charge in [-0.25, -0.2) is 0 Å². The van der Waals surface area contributed by atoms with Crippen LogP contribution in [-0.4, -0.2) is 47.4 Å². The van der Waals surface area contributed by atoms with Crippen LogP contribution in [0.2, 0.25) is 0 Å². The molecule has 2 aromatic rings. The topological polar surface area (TPSA) is 87.2 Å². The zero-order chi connectivity index (χ0) is 22.1. The zero-order valence-corrected chi connectivity index (χ0v) is 19.1. The van der Waals surface area contributed by atoms with Crippen LogP contribution in [0, 0.1) is 5.92 Å². The number of aromatic nitrogens is 2. The second kappa shape index (κ2) is 11.7. The van der Waals surface area contributed by atoms with Crippen LogP contribution in [-0.2, 0) is 16.0 Å². The lowest BCUT2D eigenvalue weighted by Crippen LogP contribution is -2.43. The molecule has 1 unspecified atom stereocenters. The molecule has 166 valence electrons. The van der Waals surface area contributed by atoms with E-state index in [2.05, 4.69) is 39.6 Å². The quantitative estimate of drug-likeness (QED) is 0.579. The minimum Gasteiger partial charge on any atom is -0.356 e. The van der Waals surface area contributed by atoms with Crippen LogP contribution in [0.1, 0.15) is 38.7 Å². The van der Waals surface area contributed by atoms with Crippen molar-refractivity contribution in [2.75, 3.05) is 35.6 Å². The van der Waals surface area contributed by atoms with E-state index in [-0.39, 0.29) is 23.5 Å². The Morgan fingerprint density at radius 1 is 1.13 bits per heavy atom. The molecule has 1 saturated heterocycles. The van der Waals surface area contributed by atoms with Crippen molar-refractivity contribution in [1.29, 1.82) is 0 Å². The first-order chi connectivity index (χ1) is 15.1. The van der Waals surface area contributed by atoms with Crippen molar-refractivity contribution in [2.45, 2.75) is 44.6 Å². The summed E-state index contributed by atoms with van der Waals surface area (Å²) in [6, 6.07) is 11.7. The van der Waals surface area contributed by atoms with Crippen LogP contribution in [0.4, 0.5) is 11.5 Å². The van der Waals surface area contributed by atoms with Crippen molar-refractivity contribution in [2.24, 2.45) is 5.92 Å². The number of amides is 2. The van der Waals surface area contributed by atoms with Gasteiger partial charge in [-0.15, -0.1) is 10.2 Å². The van der Waals surface area contributed by atoms with Gasteiger partial charge in [0.1, 0.15) is 5.03 Å². The smallest absolute Gasteiger partial charge is 0.234 e. The normalized spacial score (nSPS) is 16.1. The summed E-state index contributed by atoms with van der Waals surface area (Å²) in [5.41, 5.74) is 2.04. The number of nitrogens with one attached hydrogen (secondary N) is 2. The average Bonchev–Trinajstić information content (AvgIpc) is 2.82. The molecule has 1 atom stereocenters. The number of aryl methyl sites for hydroxylation is 1. The Kier molecular flexibility index (Phi) is 8.70. The lowest BCUT2D eigenvalue weighted by molar-refractivity contribution is -0.125. The third kappa shape index (κ3) is 6.95. The highest BCUT2D eigenvalue weighted by Gasteiger charge is 2.26. The Labute approximate surface area is 188 Å². The van der Waals surface area contributed by atoms with E-state index < -0.39 is 0 Å². The molecule has 31 heavy (non-hydrogen) atoms. The van der Waals surface area contributed by atoms with E-state index in [0.29, 0.717) is 11.6 Å². The molecular weight excluding hydrogens is 410 g/mol. The summed E-state index contributed by atoms with van der Waals surface area (Å²) < 4.78 is 0. The highest BCUT2D eigenvalue weighted by atomic mass is 32.2. The van der Waals surface area contributed by atoms with Gasteiger partial charge in [-0.1, -0.05) is 37.7 Å². The van der Waals surface area contributed by atoms with Gasteiger partial charge < -0.3 is 15.5 Å². The van der Waals surface area contributed by atoms with E-state index in [0.717, 1.165) is 50.3 Å². The fraction of sp³-hybridized carbons (Fsp3) is 0.478. The molecule has 0 aliphatic carbocycles. The summed E-state index contributed by atoms with van der Waals surface area (Å²) in [7, 11) is 0. The third-order valence-corrected chi connectivity index (χ3v) is 6.21. The van der Waals surface area contributed by atoms with E-state index >= 15 is 0 Å². The second-order valence-electron chi connectivity index (χ2n) is 7.69. The Bertz CT molecular complexity index is 857. The minimum absolute atomic E-state index is 0.00811. The molecule has 2 amide bonds. The average molecular weight is 442 g/mol. The summed E-state index contributed by atoms with van der Waals surface area (Å²) in [5, 5.41) is 15.2. The fourth-order valence-electron chi connectivity index (χ4n) is 3.51. The molecule has 0 saturated carbocycles. The van der Waals surface area contributed by atoms with E-state index in [1.54, 1.807) is 0 Å². The summed E-state index contributed by atoms with van der Waals surface area (Å²) in [6.45, 7) is 6.41. The largest absolute Gasteiger partial charge is 0.356 e. The highest BCUT2D eigenvalue weighted by Crippen LogP contribution is 2.23. The minimum atomic E-state index is -0.0721. The van der Waals surface area contributed by atoms with Gasteiger partial charge in [0.2, 0.25) is 11.8 Å². The van der Waals surface area contributed by atoms with Crippen molar-refractivity contribution in [3.63, 3.8) is 0 Å². The first-order valence-electron chi connectivity index (χ1n) is 11.0. The monoisotopic (exact) mass is 441 g/mol. The molecule has 1 aliphatic heterocycles. The van der Waals surface area contributed by atoms with Gasteiger partial charge in [0, 0.05) is 25.3 Å². The number of anilines is 2. The summed E-state index contributed by atoms with van der Waals surface area (Å²) >= 11 is 1.36. The number of hydrogen-bond donors (Lipinski definition) is 2. The van der Waals surface area contributed by atoms with Gasteiger partial charge in [0.15, 0.2) is 5.82 Å². The van der Waals surface area contributed by atoms with Crippen molar-refractivity contribution in [1.82, 2.24) is 15.5 Å². The molecule has 2 N–H and O–H groups in total. The number of rotatable bonds is 9. The van der Waals surface area contributed by atoms with Crippen LogP contribution >= 0.6 is 11.8 Å². The lowest BCUT2D eigenvalue weighted by atomic mass is 9.97. The van der Waals surface area contributed by atoms with Crippen LogP contribution in [0.5, 0.6) is 0 Å². The lowest BCUT2D eigenvalue weighted by Gasteiger charge is -2.32. The van der Waals surface area contributed by atoms with Crippen LogP contribution in [0.25, 0.3) is 0 Å². The van der Waals surface area contributed by atoms with Gasteiger partial charge in [-0.05, 0) is 55.5 Å². The predicted molar refractivity (Wildman–Crippen MR) is 125 cm³/mol. The zero-order valence-electron chi connectivity index (χ0n) is 18.3. The van der Waals surface area contributed by atoms with Crippen molar-refractivity contribution >= 4 is 35.1 Å². The molecule has 1 fully saturated rings. The Hall–Kier alpha value is -2.61. The predicted octanol–water partition coefficient (Wildman–Crippen LogP) is 3.51. The molecular formula is C23H31N5O2S. The summed E-state index contributed by atoms with van der Waals surface area (Å²) in [4.78, 5) is 26.6. The fourth-order valence-corrected chi connectivity index (χ4v) is 4.12. The van der Waals surface area contributed by atoms with E-state index in [1.807, 2.05) is 36.4 Å². The van der Waals surface area contributed by atoms with Gasteiger partial charge in [0.05, 0.1) is 11.7 Å². The van der Waals surface area contributed by atoms with Gasteiger partial charge in [0.25, 0.3) is 0 Å². The number of hydrogen-bond acceptors (Lipinski definition) is 6. The number of piperidine rings is 1. The summed E-state index contributed by atoms with van der Waals surface area (Å²) in [6.07, 6.45) is 3.78. The molecule has 3 rings (SSSR count). The molecule has 7 nitrogen and oxygen atoms in total. The Balaban J connectivity index is 1.48. The van der Waals surface area contributed by atoms with E-state index in [4.69, 9.17) is 0 Å².